The van der Waals surface area contributed by atoms with Gasteiger partial charge in [-0.05, 0) is 42.3 Å². The van der Waals surface area contributed by atoms with Crippen molar-refractivity contribution >= 4 is 34.5 Å². The van der Waals surface area contributed by atoms with E-state index in [9.17, 15) is 9.59 Å². The van der Waals surface area contributed by atoms with E-state index in [1.54, 1.807) is 5.51 Å². The molecule has 7 heteroatoms. The van der Waals surface area contributed by atoms with Crippen LogP contribution < -0.4 is 15.0 Å². The maximum absolute atomic E-state index is 12.5. The maximum atomic E-state index is 12.5. The number of carbonyl (C=O) groups is 2. The molecule has 0 unspecified atom stereocenters. The quantitative estimate of drug-likeness (QED) is 0.717. The van der Waals surface area contributed by atoms with Crippen LogP contribution in [-0.4, -0.2) is 29.9 Å². The first kappa shape index (κ1) is 18.2. The van der Waals surface area contributed by atoms with Crippen molar-refractivity contribution in [1.82, 2.24) is 4.98 Å². The predicted molar refractivity (Wildman–Crippen MR) is 110 cm³/mol. The van der Waals surface area contributed by atoms with E-state index in [2.05, 4.69) is 17.2 Å². The molecule has 0 saturated heterocycles. The Bertz CT molecular complexity index is 1000. The maximum Gasteiger partial charge on any atom is 0.265 e. The number of benzene rings is 2. The van der Waals surface area contributed by atoms with Gasteiger partial charge in [0.1, 0.15) is 12.3 Å². The first-order chi connectivity index (χ1) is 13.6. The largest absolute Gasteiger partial charge is 0.482 e. The standard InChI is InChI=1S/C21H19N3O3S/c1-2-14-3-6-16(7-4-14)23-20(25)10-24-18-9-15(17-12-28-13-22-17)5-8-19(18)27-11-21(24)26/h3-9,12-13H,2,10-11H2,1H3,(H,23,25). The molecule has 2 amide bonds. The van der Waals surface area contributed by atoms with Crippen LogP contribution in [0.25, 0.3) is 11.3 Å². The van der Waals surface area contributed by atoms with Crippen molar-refractivity contribution in [2.24, 2.45) is 0 Å². The van der Waals surface area contributed by atoms with Crippen molar-refractivity contribution in [3.8, 4) is 17.0 Å². The first-order valence-corrected chi connectivity index (χ1v) is 9.93. The Morgan fingerprint density at radius 2 is 2.07 bits per heavy atom. The van der Waals surface area contributed by atoms with Crippen LogP contribution in [0.15, 0.2) is 53.4 Å². The highest BCUT2D eigenvalue weighted by Crippen LogP contribution is 2.35. The van der Waals surface area contributed by atoms with Gasteiger partial charge in [0, 0.05) is 16.6 Å². The molecule has 2 aromatic carbocycles. The lowest BCUT2D eigenvalue weighted by molar-refractivity contribution is -0.123. The van der Waals surface area contributed by atoms with Crippen LogP contribution >= 0.6 is 11.3 Å². The summed E-state index contributed by atoms with van der Waals surface area (Å²) in [5, 5.41) is 4.78. The van der Waals surface area contributed by atoms with Gasteiger partial charge in [0.05, 0.1) is 16.9 Å². The van der Waals surface area contributed by atoms with Crippen LogP contribution in [0.1, 0.15) is 12.5 Å². The van der Waals surface area contributed by atoms with Gasteiger partial charge in [-0.15, -0.1) is 11.3 Å². The van der Waals surface area contributed by atoms with E-state index < -0.39 is 0 Å². The molecule has 0 radical (unpaired) electrons. The second-order valence-electron chi connectivity index (χ2n) is 6.42. The minimum absolute atomic E-state index is 0.0781. The summed E-state index contributed by atoms with van der Waals surface area (Å²) in [5.41, 5.74) is 5.94. The Hall–Kier alpha value is -3.19. The summed E-state index contributed by atoms with van der Waals surface area (Å²) in [4.78, 5) is 30.7. The number of ether oxygens (including phenoxy) is 1. The Morgan fingerprint density at radius 1 is 1.25 bits per heavy atom. The zero-order valence-electron chi connectivity index (χ0n) is 15.3. The average Bonchev–Trinajstić information content (AvgIpc) is 3.25. The van der Waals surface area contributed by atoms with E-state index in [0.717, 1.165) is 17.7 Å². The van der Waals surface area contributed by atoms with Gasteiger partial charge >= 0.3 is 0 Å². The molecule has 0 aliphatic carbocycles. The molecule has 2 heterocycles. The molecular formula is C21H19N3O3S. The number of amides is 2. The molecule has 4 rings (SSSR count). The molecule has 3 aromatic rings. The zero-order valence-corrected chi connectivity index (χ0v) is 16.2. The van der Waals surface area contributed by atoms with Crippen LogP contribution in [0, 0.1) is 0 Å². The highest BCUT2D eigenvalue weighted by Gasteiger charge is 2.28. The molecule has 142 valence electrons. The number of nitrogens with one attached hydrogen (secondary N) is 1. The Kier molecular flexibility index (Phi) is 5.08. The third-order valence-corrected chi connectivity index (χ3v) is 5.16. The molecule has 0 atom stereocenters. The van der Waals surface area contributed by atoms with E-state index in [0.29, 0.717) is 17.1 Å². The fraction of sp³-hybridized carbons (Fsp3) is 0.190. The first-order valence-electron chi connectivity index (χ1n) is 8.98. The van der Waals surface area contributed by atoms with Crippen molar-refractivity contribution in [3.05, 3.63) is 58.9 Å². The number of nitrogens with zero attached hydrogens (tertiary/aromatic N) is 2. The normalized spacial score (nSPS) is 13.0. The van der Waals surface area contributed by atoms with Gasteiger partial charge < -0.3 is 10.1 Å². The minimum Gasteiger partial charge on any atom is -0.482 e. The van der Waals surface area contributed by atoms with E-state index in [1.165, 1.54) is 21.8 Å². The van der Waals surface area contributed by atoms with Gasteiger partial charge in [-0.2, -0.15) is 0 Å². The number of hydrogen-bond donors (Lipinski definition) is 1. The molecule has 6 nitrogen and oxygen atoms in total. The fourth-order valence-corrected chi connectivity index (χ4v) is 3.62. The molecule has 0 saturated carbocycles. The lowest BCUT2D eigenvalue weighted by Gasteiger charge is -2.29. The second-order valence-corrected chi connectivity index (χ2v) is 7.14. The molecular weight excluding hydrogens is 374 g/mol. The van der Waals surface area contributed by atoms with Crippen LogP contribution in [0.4, 0.5) is 11.4 Å². The number of rotatable bonds is 5. The smallest absolute Gasteiger partial charge is 0.265 e. The van der Waals surface area contributed by atoms with Crippen LogP contribution in [0.2, 0.25) is 0 Å². The van der Waals surface area contributed by atoms with Crippen LogP contribution in [-0.2, 0) is 16.0 Å². The van der Waals surface area contributed by atoms with Crippen molar-refractivity contribution in [3.63, 3.8) is 0 Å². The molecule has 1 aliphatic heterocycles. The molecule has 1 aromatic heterocycles. The lowest BCUT2D eigenvalue weighted by Crippen LogP contribution is -2.43. The van der Waals surface area contributed by atoms with Gasteiger partial charge in [-0.25, -0.2) is 4.98 Å². The Labute approximate surface area is 166 Å². The third kappa shape index (κ3) is 3.75. The van der Waals surface area contributed by atoms with Gasteiger partial charge in [0.25, 0.3) is 5.91 Å². The SMILES string of the molecule is CCc1ccc(NC(=O)CN2C(=O)COc3ccc(-c4cscn4)cc32)cc1. The van der Waals surface area contributed by atoms with E-state index in [4.69, 9.17) is 4.74 Å². The zero-order chi connectivity index (χ0) is 19.5. The van der Waals surface area contributed by atoms with Gasteiger partial charge in [-0.1, -0.05) is 19.1 Å². The van der Waals surface area contributed by atoms with Gasteiger partial charge in [0.15, 0.2) is 6.61 Å². The molecule has 0 bridgehead atoms. The van der Waals surface area contributed by atoms with Crippen molar-refractivity contribution < 1.29 is 14.3 Å². The van der Waals surface area contributed by atoms with Crippen molar-refractivity contribution in [2.75, 3.05) is 23.4 Å². The third-order valence-electron chi connectivity index (χ3n) is 4.58. The second kappa shape index (κ2) is 7.82. The molecule has 0 spiro atoms. The molecule has 1 N–H and O–H groups in total. The summed E-state index contributed by atoms with van der Waals surface area (Å²) in [7, 11) is 0. The van der Waals surface area contributed by atoms with E-state index in [-0.39, 0.29) is 25.0 Å². The summed E-state index contributed by atoms with van der Waals surface area (Å²) in [6, 6.07) is 13.2. The predicted octanol–water partition coefficient (Wildman–Crippen LogP) is 3.74. The highest BCUT2D eigenvalue weighted by molar-refractivity contribution is 7.07. The molecule has 0 fully saturated rings. The number of aromatic nitrogens is 1. The van der Waals surface area contributed by atoms with E-state index in [1.807, 2.05) is 47.8 Å². The highest BCUT2D eigenvalue weighted by atomic mass is 32.1. The number of anilines is 2. The summed E-state index contributed by atoms with van der Waals surface area (Å²) in [6.45, 7) is 1.92. The lowest BCUT2D eigenvalue weighted by atomic mass is 10.1. The van der Waals surface area contributed by atoms with Crippen LogP contribution in [0.5, 0.6) is 5.75 Å². The summed E-state index contributed by atoms with van der Waals surface area (Å²) in [5.74, 6) is 0.0718. The number of aryl methyl sites for hydroxylation is 1. The number of fused-ring (bicyclic) bond motifs is 1. The summed E-state index contributed by atoms with van der Waals surface area (Å²) < 4.78 is 5.52. The minimum atomic E-state index is -0.260. The van der Waals surface area contributed by atoms with Crippen molar-refractivity contribution in [2.45, 2.75) is 13.3 Å². The van der Waals surface area contributed by atoms with Gasteiger partial charge in [-0.3, -0.25) is 14.5 Å². The number of hydrogen-bond acceptors (Lipinski definition) is 5. The van der Waals surface area contributed by atoms with Gasteiger partial charge in [0.2, 0.25) is 5.91 Å². The van der Waals surface area contributed by atoms with E-state index >= 15 is 0 Å². The number of thiazole rings is 1. The topological polar surface area (TPSA) is 71.5 Å². The molecule has 28 heavy (non-hydrogen) atoms. The summed E-state index contributed by atoms with van der Waals surface area (Å²) >= 11 is 1.50. The Morgan fingerprint density at radius 3 is 2.79 bits per heavy atom. The fourth-order valence-electron chi connectivity index (χ4n) is 3.06. The monoisotopic (exact) mass is 393 g/mol. The molecule has 1 aliphatic rings. The number of carbonyl (C=O) groups excluding carboxylic acids is 2. The van der Waals surface area contributed by atoms with Crippen molar-refractivity contribution in [1.29, 1.82) is 0 Å². The van der Waals surface area contributed by atoms with Crippen LogP contribution in [0.3, 0.4) is 0 Å². The average molecular weight is 393 g/mol. The summed E-state index contributed by atoms with van der Waals surface area (Å²) in [6.07, 6.45) is 0.939. The Balaban J connectivity index is 1.55.